The van der Waals surface area contributed by atoms with E-state index < -0.39 is 0 Å². The lowest BCUT2D eigenvalue weighted by molar-refractivity contribution is -0.136. The van der Waals surface area contributed by atoms with Gasteiger partial charge >= 0.3 is 0 Å². The molecule has 0 aliphatic carbocycles. The summed E-state index contributed by atoms with van der Waals surface area (Å²) in [6.45, 7) is 6.03. The van der Waals surface area contributed by atoms with Crippen molar-refractivity contribution >= 4 is 11.8 Å². The molecule has 0 aromatic carbocycles. The number of piperidine rings is 1. The molecule has 120 valence electrons. The number of carbonyl (C=O) groups is 2. The Hall–Kier alpha value is -1.91. The second-order valence-corrected chi connectivity index (χ2v) is 6.33. The molecule has 1 saturated heterocycles. The Balaban J connectivity index is 1.74. The molecule has 22 heavy (non-hydrogen) atoms. The van der Waals surface area contributed by atoms with Gasteiger partial charge in [0.15, 0.2) is 0 Å². The molecule has 0 radical (unpaired) electrons. The normalized spacial score (nSPS) is 15.9. The van der Waals surface area contributed by atoms with Crippen LogP contribution in [-0.4, -0.2) is 34.8 Å². The summed E-state index contributed by atoms with van der Waals surface area (Å²) >= 11 is 0. The fraction of sp³-hybridized carbons (Fsp3) is 0.588. The van der Waals surface area contributed by atoms with Crippen LogP contribution in [0, 0.1) is 11.8 Å². The Labute approximate surface area is 132 Å². The summed E-state index contributed by atoms with van der Waals surface area (Å²) < 4.78 is 0. The van der Waals surface area contributed by atoms with E-state index in [4.69, 9.17) is 0 Å². The molecule has 0 saturated carbocycles. The van der Waals surface area contributed by atoms with E-state index in [1.54, 1.807) is 12.4 Å². The molecule has 0 bridgehead atoms. The predicted molar refractivity (Wildman–Crippen MR) is 84.8 cm³/mol. The molecule has 5 heteroatoms. The number of pyridine rings is 1. The van der Waals surface area contributed by atoms with Crippen molar-refractivity contribution in [1.29, 1.82) is 0 Å². The van der Waals surface area contributed by atoms with E-state index >= 15 is 0 Å². The van der Waals surface area contributed by atoms with Crippen LogP contribution in [0.3, 0.4) is 0 Å². The van der Waals surface area contributed by atoms with Crippen molar-refractivity contribution in [2.75, 3.05) is 13.1 Å². The van der Waals surface area contributed by atoms with Gasteiger partial charge in [0.1, 0.15) is 0 Å². The molecule has 2 heterocycles. The highest BCUT2D eigenvalue weighted by Crippen LogP contribution is 2.19. The fourth-order valence-corrected chi connectivity index (χ4v) is 2.70. The minimum Gasteiger partial charge on any atom is -0.352 e. The van der Waals surface area contributed by atoms with Crippen LogP contribution in [0.15, 0.2) is 24.5 Å². The van der Waals surface area contributed by atoms with E-state index in [1.165, 1.54) is 0 Å². The summed E-state index contributed by atoms with van der Waals surface area (Å²) in [4.78, 5) is 30.1. The highest BCUT2D eigenvalue weighted by molar-refractivity contribution is 5.80. The average Bonchev–Trinajstić information content (AvgIpc) is 2.53. The lowest BCUT2D eigenvalue weighted by Crippen LogP contribution is -2.43. The smallest absolute Gasteiger partial charge is 0.223 e. The minimum absolute atomic E-state index is 0.0185. The van der Waals surface area contributed by atoms with Gasteiger partial charge < -0.3 is 10.2 Å². The summed E-state index contributed by atoms with van der Waals surface area (Å²) in [6, 6.07) is 3.79. The molecule has 0 atom stereocenters. The van der Waals surface area contributed by atoms with Crippen LogP contribution in [0.2, 0.25) is 0 Å². The van der Waals surface area contributed by atoms with Gasteiger partial charge in [-0.3, -0.25) is 14.6 Å². The molecule has 1 aliphatic heterocycles. The standard InChI is InChI=1S/C17H25N3O2/c1-13(2)11-16(21)20-9-5-15(6-10-20)17(22)19-12-14-3-7-18-8-4-14/h3-4,7-8,13,15H,5-6,9-12H2,1-2H3,(H,19,22). The molecular weight excluding hydrogens is 278 g/mol. The Morgan fingerprint density at radius 2 is 1.91 bits per heavy atom. The van der Waals surface area contributed by atoms with E-state index in [0.717, 1.165) is 18.4 Å². The van der Waals surface area contributed by atoms with E-state index in [9.17, 15) is 9.59 Å². The number of hydrogen-bond acceptors (Lipinski definition) is 3. The number of hydrogen-bond donors (Lipinski definition) is 1. The quantitative estimate of drug-likeness (QED) is 0.905. The van der Waals surface area contributed by atoms with Gasteiger partial charge in [-0.05, 0) is 36.5 Å². The summed E-state index contributed by atoms with van der Waals surface area (Å²) in [5.74, 6) is 0.706. The third-order valence-corrected chi connectivity index (χ3v) is 4.02. The van der Waals surface area contributed by atoms with Gasteiger partial charge in [-0.2, -0.15) is 0 Å². The van der Waals surface area contributed by atoms with Crippen LogP contribution in [0.5, 0.6) is 0 Å². The number of rotatable bonds is 5. The first kappa shape index (κ1) is 16.5. The van der Waals surface area contributed by atoms with E-state index in [0.29, 0.717) is 32.0 Å². The maximum Gasteiger partial charge on any atom is 0.223 e. The monoisotopic (exact) mass is 303 g/mol. The molecule has 0 unspecified atom stereocenters. The predicted octanol–water partition coefficient (Wildman–Crippen LogP) is 1.98. The Morgan fingerprint density at radius 1 is 1.27 bits per heavy atom. The van der Waals surface area contributed by atoms with Gasteiger partial charge in [0.2, 0.25) is 11.8 Å². The van der Waals surface area contributed by atoms with Gasteiger partial charge in [-0.1, -0.05) is 13.8 Å². The van der Waals surface area contributed by atoms with Crippen LogP contribution in [0.1, 0.15) is 38.7 Å². The highest BCUT2D eigenvalue weighted by Gasteiger charge is 2.27. The van der Waals surface area contributed by atoms with Crippen LogP contribution >= 0.6 is 0 Å². The first-order valence-electron chi connectivity index (χ1n) is 8.00. The van der Waals surface area contributed by atoms with Crippen molar-refractivity contribution in [3.8, 4) is 0 Å². The number of nitrogens with one attached hydrogen (secondary N) is 1. The van der Waals surface area contributed by atoms with Crippen molar-refractivity contribution < 1.29 is 9.59 Å². The average molecular weight is 303 g/mol. The molecule has 1 fully saturated rings. The zero-order valence-corrected chi connectivity index (χ0v) is 13.4. The number of likely N-dealkylation sites (tertiary alicyclic amines) is 1. The molecule has 1 aromatic heterocycles. The highest BCUT2D eigenvalue weighted by atomic mass is 16.2. The van der Waals surface area contributed by atoms with Gasteiger partial charge in [0, 0.05) is 44.4 Å². The Morgan fingerprint density at radius 3 is 2.50 bits per heavy atom. The summed E-state index contributed by atoms with van der Waals surface area (Å²) in [5, 5.41) is 2.97. The number of carbonyl (C=O) groups excluding carboxylic acids is 2. The minimum atomic E-state index is 0.0185. The Kier molecular flexibility index (Phi) is 5.92. The SMILES string of the molecule is CC(C)CC(=O)N1CCC(C(=O)NCc2ccncc2)CC1. The summed E-state index contributed by atoms with van der Waals surface area (Å²) in [6.07, 6.45) is 5.55. The van der Waals surface area contributed by atoms with Crippen LogP contribution in [0.25, 0.3) is 0 Å². The molecule has 0 spiro atoms. The molecule has 2 rings (SSSR count). The lowest BCUT2D eigenvalue weighted by atomic mass is 9.95. The van der Waals surface area contributed by atoms with Crippen molar-refractivity contribution in [1.82, 2.24) is 15.2 Å². The third kappa shape index (κ3) is 4.83. The third-order valence-electron chi connectivity index (χ3n) is 4.02. The van der Waals surface area contributed by atoms with Gasteiger partial charge in [-0.15, -0.1) is 0 Å². The second-order valence-electron chi connectivity index (χ2n) is 6.33. The number of nitrogens with zero attached hydrogens (tertiary/aromatic N) is 2. The first-order valence-corrected chi connectivity index (χ1v) is 8.00. The topological polar surface area (TPSA) is 62.3 Å². The van der Waals surface area contributed by atoms with Crippen molar-refractivity contribution in [3.63, 3.8) is 0 Å². The van der Waals surface area contributed by atoms with E-state index in [2.05, 4.69) is 24.1 Å². The van der Waals surface area contributed by atoms with E-state index in [-0.39, 0.29) is 17.7 Å². The van der Waals surface area contributed by atoms with Gasteiger partial charge in [-0.25, -0.2) is 0 Å². The number of aromatic nitrogens is 1. The van der Waals surface area contributed by atoms with Crippen molar-refractivity contribution in [2.24, 2.45) is 11.8 Å². The van der Waals surface area contributed by atoms with Crippen LogP contribution < -0.4 is 5.32 Å². The summed E-state index contributed by atoms with van der Waals surface area (Å²) in [7, 11) is 0. The largest absolute Gasteiger partial charge is 0.352 e. The van der Waals surface area contributed by atoms with E-state index in [1.807, 2.05) is 17.0 Å². The van der Waals surface area contributed by atoms with Crippen LogP contribution in [-0.2, 0) is 16.1 Å². The zero-order valence-electron chi connectivity index (χ0n) is 13.4. The van der Waals surface area contributed by atoms with Gasteiger partial charge in [0.25, 0.3) is 0 Å². The lowest BCUT2D eigenvalue weighted by Gasteiger charge is -2.31. The van der Waals surface area contributed by atoms with Crippen molar-refractivity contribution in [3.05, 3.63) is 30.1 Å². The molecule has 1 aromatic rings. The zero-order chi connectivity index (χ0) is 15.9. The molecule has 2 amide bonds. The van der Waals surface area contributed by atoms with Crippen molar-refractivity contribution in [2.45, 2.75) is 39.7 Å². The Bertz CT molecular complexity index is 494. The molecule has 1 N–H and O–H groups in total. The molecular formula is C17H25N3O2. The first-order chi connectivity index (χ1) is 10.6. The number of amides is 2. The second kappa shape index (κ2) is 7.92. The molecule has 1 aliphatic rings. The maximum atomic E-state index is 12.2. The van der Waals surface area contributed by atoms with Crippen LogP contribution in [0.4, 0.5) is 0 Å². The van der Waals surface area contributed by atoms with Gasteiger partial charge in [0.05, 0.1) is 0 Å². The fourth-order valence-electron chi connectivity index (χ4n) is 2.70. The summed E-state index contributed by atoms with van der Waals surface area (Å²) in [5.41, 5.74) is 1.05. The maximum absolute atomic E-state index is 12.2. The molecule has 5 nitrogen and oxygen atoms in total.